The Morgan fingerprint density at radius 2 is 1.70 bits per heavy atom. The molecule has 3 amide bonds. The fraction of sp³-hybridized carbons (Fsp3) is 0.524. The van der Waals surface area contributed by atoms with Gasteiger partial charge in [0.25, 0.3) is 5.91 Å². The summed E-state index contributed by atoms with van der Waals surface area (Å²) in [6.45, 7) is 0.955. The molecule has 1 heterocycles. The Morgan fingerprint density at radius 1 is 1.10 bits per heavy atom. The van der Waals surface area contributed by atoms with Crippen molar-refractivity contribution < 1.29 is 23.9 Å². The van der Waals surface area contributed by atoms with Gasteiger partial charge in [-0.1, -0.05) is 25.1 Å². The van der Waals surface area contributed by atoms with Crippen molar-refractivity contribution in [2.45, 2.75) is 30.5 Å². The third-order valence-electron chi connectivity index (χ3n) is 6.40. The average molecular weight is 453 g/mol. The van der Waals surface area contributed by atoms with Gasteiger partial charge in [-0.3, -0.25) is 24.1 Å². The molecule has 2 bridgehead atoms. The number of likely N-dealkylation sites (tertiary alicyclic amines) is 1. The van der Waals surface area contributed by atoms with Crippen LogP contribution in [0.1, 0.15) is 18.9 Å². The van der Waals surface area contributed by atoms with Crippen molar-refractivity contribution in [3.05, 3.63) is 29.8 Å². The maximum Gasteiger partial charge on any atom is 0.326 e. The SMILES string of the molecule is CCc1ccccc1NC(=O)COC(=O)CN1C(=O)[C@@H]2[C@H]3C[C@@H]([C@@H](Cl)[C@H]3Cl)[C@H]2C1=O. The Morgan fingerprint density at radius 3 is 2.30 bits per heavy atom. The number of rotatable bonds is 6. The number of nitrogens with one attached hydrogen (secondary N) is 1. The number of ether oxygens (including phenoxy) is 1. The van der Waals surface area contributed by atoms with Crippen molar-refractivity contribution >= 4 is 52.6 Å². The van der Waals surface area contributed by atoms with E-state index in [0.29, 0.717) is 12.1 Å². The van der Waals surface area contributed by atoms with Gasteiger partial charge in [0.1, 0.15) is 6.54 Å². The predicted octanol–water partition coefficient (Wildman–Crippen LogP) is 2.20. The van der Waals surface area contributed by atoms with Gasteiger partial charge in [0.05, 0.1) is 22.6 Å². The van der Waals surface area contributed by atoms with Gasteiger partial charge in [-0.05, 0) is 36.3 Å². The highest BCUT2D eigenvalue weighted by Gasteiger charge is 2.66. The molecule has 7 nitrogen and oxygen atoms in total. The Balaban J connectivity index is 1.32. The molecule has 0 spiro atoms. The van der Waals surface area contributed by atoms with Crippen LogP contribution < -0.4 is 5.32 Å². The van der Waals surface area contributed by atoms with Crippen molar-refractivity contribution in [3.63, 3.8) is 0 Å². The second-order valence-electron chi connectivity index (χ2n) is 7.99. The number of halogens is 2. The van der Waals surface area contributed by atoms with E-state index in [0.717, 1.165) is 16.9 Å². The zero-order valence-corrected chi connectivity index (χ0v) is 17.9. The first kappa shape index (κ1) is 21.1. The number of imide groups is 1. The number of amides is 3. The summed E-state index contributed by atoms with van der Waals surface area (Å²) in [5, 5.41) is 2.00. The van der Waals surface area contributed by atoms with Crippen LogP contribution in [0.4, 0.5) is 5.69 Å². The molecule has 0 aromatic heterocycles. The Bertz CT molecular complexity index is 875. The molecule has 1 aliphatic heterocycles. The van der Waals surface area contributed by atoms with Crippen LogP contribution in [0.15, 0.2) is 24.3 Å². The normalized spacial score (nSPS) is 31.8. The van der Waals surface area contributed by atoms with E-state index in [9.17, 15) is 19.2 Å². The highest BCUT2D eigenvalue weighted by molar-refractivity contribution is 6.31. The first-order valence-electron chi connectivity index (χ1n) is 10.00. The van der Waals surface area contributed by atoms with E-state index >= 15 is 0 Å². The number of nitrogens with zero attached hydrogens (tertiary/aromatic N) is 1. The number of carbonyl (C=O) groups is 4. The first-order valence-corrected chi connectivity index (χ1v) is 10.9. The second kappa shape index (κ2) is 8.19. The van der Waals surface area contributed by atoms with Crippen LogP contribution in [0.3, 0.4) is 0 Å². The molecular formula is C21H22Cl2N2O5. The molecule has 1 N–H and O–H groups in total. The molecule has 3 fully saturated rings. The largest absolute Gasteiger partial charge is 0.454 e. The summed E-state index contributed by atoms with van der Waals surface area (Å²) >= 11 is 12.6. The van der Waals surface area contributed by atoms with E-state index in [-0.39, 0.29) is 22.6 Å². The van der Waals surface area contributed by atoms with Crippen LogP contribution in [-0.4, -0.2) is 52.5 Å². The van der Waals surface area contributed by atoms with E-state index < -0.39 is 48.7 Å². The zero-order valence-electron chi connectivity index (χ0n) is 16.3. The monoisotopic (exact) mass is 452 g/mol. The van der Waals surface area contributed by atoms with Gasteiger partial charge < -0.3 is 10.1 Å². The van der Waals surface area contributed by atoms with Crippen molar-refractivity contribution in [1.82, 2.24) is 4.90 Å². The Labute approximate surface area is 184 Å². The van der Waals surface area contributed by atoms with E-state index in [1.165, 1.54) is 0 Å². The lowest BCUT2D eigenvalue weighted by atomic mass is 9.80. The molecule has 0 unspecified atom stereocenters. The van der Waals surface area contributed by atoms with Gasteiger partial charge in [0.15, 0.2) is 6.61 Å². The number of hydrogen-bond donors (Lipinski definition) is 1. The number of esters is 1. The molecule has 0 radical (unpaired) electrons. The van der Waals surface area contributed by atoms with E-state index in [4.69, 9.17) is 27.9 Å². The average Bonchev–Trinajstić information content (AvgIpc) is 3.33. The number of aryl methyl sites for hydroxylation is 1. The third-order valence-corrected chi connectivity index (χ3v) is 7.72. The van der Waals surface area contributed by atoms with Gasteiger partial charge >= 0.3 is 5.97 Å². The summed E-state index contributed by atoms with van der Waals surface area (Å²) in [4.78, 5) is 50.7. The van der Waals surface area contributed by atoms with Crippen molar-refractivity contribution in [2.75, 3.05) is 18.5 Å². The molecule has 6 atom stereocenters. The van der Waals surface area contributed by atoms with Crippen molar-refractivity contribution in [3.8, 4) is 0 Å². The van der Waals surface area contributed by atoms with Gasteiger partial charge in [-0.15, -0.1) is 23.2 Å². The lowest BCUT2D eigenvalue weighted by molar-refractivity contribution is -0.154. The number of carbonyl (C=O) groups excluding carboxylic acids is 4. The van der Waals surface area contributed by atoms with E-state index in [1.54, 1.807) is 12.1 Å². The number of alkyl halides is 2. The second-order valence-corrected chi connectivity index (χ2v) is 8.99. The number of benzene rings is 1. The van der Waals surface area contributed by atoms with Crippen LogP contribution in [0, 0.1) is 23.7 Å². The van der Waals surface area contributed by atoms with Crippen molar-refractivity contribution in [1.29, 1.82) is 0 Å². The smallest absolute Gasteiger partial charge is 0.326 e. The fourth-order valence-electron chi connectivity index (χ4n) is 5.02. The van der Waals surface area contributed by atoms with E-state index in [2.05, 4.69) is 5.32 Å². The quantitative estimate of drug-likeness (QED) is 0.405. The minimum absolute atomic E-state index is 0.147. The minimum Gasteiger partial charge on any atom is -0.454 e. The summed E-state index contributed by atoms with van der Waals surface area (Å²) in [5.74, 6) is -3.42. The molecule has 3 aliphatic rings. The van der Waals surface area contributed by atoms with Crippen LogP contribution >= 0.6 is 23.2 Å². The first-order chi connectivity index (χ1) is 14.3. The van der Waals surface area contributed by atoms with Gasteiger partial charge in [0, 0.05) is 5.69 Å². The third kappa shape index (κ3) is 3.48. The standard InChI is InChI=1S/C21H22Cl2N2O5/c1-2-10-5-3-4-6-13(10)24-14(26)9-30-15(27)8-25-20(28)16-11-7-12(17(16)21(25)29)19(23)18(11)22/h3-6,11-12,16-19H,2,7-9H2,1H3,(H,24,26)/t11-,12-,16-,17-,18-,19+/m1/s1. The zero-order chi connectivity index (χ0) is 21.6. The minimum atomic E-state index is -0.812. The molecule has 4 rings (SSSR count). The summed E-state index contributed by atoms with van der Waals surface area (Å²) in [6.07, 6.45) is 1.40. The number of anilines is 1. The molecule has 1 saturated heterocycles. The molecular weight excluding hydrogens is 431 g/mol. The number of hydrogen-bond acceptors (Lipinski definition) is 5. The van der Waals surface area contributed by atoms with Crippen LogP contribution in [0.2, 0.25) is 0 Å². The van der Waals surface area contributed by atoms with Gasteiger partial charge in [-0.2, -0.15) is 0 Å². The molecule has 9 heteroatoms. The highest BCUT2D eigenvalue weighted by atomic mass is 35.5. The highest BCUT2D eigenvalue weighted by Crippen LogP contribution is 2.59. The molecule has 2 saturated carbocycles. The maximum absolute atomic E-state index is 12.7. The summed E-state index contributed by atoms with van der Waals surface area (Å²) in [5.41, 5.74) is 1.61. The van der Waals surface area contributed by atoms with Crippen LogP contribution in [-0.2, 0) is 30.3 Å². The Kier molecular flexibility index (Phi) is 5.77. The number of fused-ring (bicyclic) bond motifs is 5. The van der Waals surface area contributed by atoms with Gasteiger partial charge in [0.2, 0.25) is 11.8 Å². The summed E-state index contributed by atoms with van der Waals surface area (Å²) in [6, 6.07) is 7.33. The maximum atomic E-state index is 12.7. The molecule has 1 aromatic carbocycles. The Hall–Kier alpha value is -2.12. The lowest BCUT2D eigenvalue weighted by Gasteiger charge is -2.28. The van der Waals surface area contributed by atoms with Crippen LogP contribution in [0.25, 0.3) is 0 Å². The predicted molar refractivity (Wildman–Crippen MR) is 110 cm³/mol. The van der Waals surface area contributed by atoms with Crippen molar-refractivity contribution in [2.24, 2.45) is 23.7 Å². The fourth-order valence-corrected chi connectivity index (χ4v) is 5.92. The summed E-state index contributed by atoms with van der Waals surface area (Å²) < 4.78 is 4.99. The molecule has 160 valence electrons. The molecule has 2 aliphatic carbocycles. The van der Waals surface area contributed by atoms with Crippen LogP contribution in [0.5, 0.6) is 0 Å². The molecule has 30 heavy (non-hydrogen) atoms. The summed E-state index contributed by atoms with van der Waals surface area (Å²) in [7, 11) is 0. The van der Waals surface area contributed by atoms with Gasteiger partial charge in [-0.25, -0.2) is 0 Å². The topological polar surface area (TPSA) is 92.8 Å². The number of para-hydroxylation sites is 1. The lowest BCUT2D eigenvalue weighted by Crippen LogP contribution is -2.38. The van der Waals surface area contributed by atoms with E-state index in [1.807, 2.05) is 19.1 Å². The molecule has 1 aromatic rings.